The highest BCUT2D eigenvalue weighted by molar-refractivity contribution is 6.31. The van der Waals surface area contributed by atoms with Gasteiger partial charge in [-0.1, -0.05) is 24.4 Å². The van der Waals surface area contributed by atoms with E-state index >= 15 is 0 Å². The van der Waals surface area contributed by atoms with E-state index in [1.165, 1.54) is 0 Å². The molecule has 2 rings (SSSR count). The Morgan fingerprint density at radius 2 is 2.17 bits per heavy atom. The second-order valence-electron chi connectivity index (χ2n) is 6.09. The van der Waals surface area contributed by atoms with Crippen molar-refractivity contribution in [2.24, 2.45) is 5.73 Å². The highest BCUT2D eigenvalue weighted by Crippen LogP contribution is 2.29. The van der Waals surface area contributed by atoms with E-state index in [9.17, 15) is 4.79 Å². The van der Waals surface area contributed by atoms with Crippen LogP contribution < -0.4 is 15.8 Å². The Morgan fingerprint density at radius 3 is 2.92 bits per heavy atom. The van der Waals surface area contributed by atoms with E-state index in [1.807, 2.05) is 0 Å². The summed E-state index contributed by atoms with van der Waals surface area (Å²) in [5, 5.41) is 3.47. The third-order valence-electron chi connectivity index (χ3n) is 4.02. The van der Waals surface area contributed by atoms with Crippen molar-refractivity contribution in [2.75, 3.05) is 25.1 Å². The summed E-state index contributed by atoms with van der Waals surface area (Å²) < 4.78 is 11.4. The van der Waals surface area contributed by atoms with Crippen LogP contribution in [0.15, 0.2) is 18.2 Å². The number of carbonyl (C=O) groups excluding carboxylic acids is 1. The molecule has 1 aliphatic rings. The van der Waals surface area contributed by atoms with Gasteiger partial charge in [0.1, 0.15) is 12.4 Å². The van der Waals surface area contributed by atoms with E-state index in [2.05, 4.69) is 5.32 Å². The van der Waals surface area contributed by atoms with Crippen molar-refractivity contribution in [3.8, 4) is 5.75 Å². The molecule has 1 saturated heterocycles. The molecular formula is C18H27ClN2O3. The number of nitrogens with two attached hydrogens (primary N) is 1. The Morgan fingerprint density at radius 1 is 1.33 bits per heavy atom. The zero-order chi connectivity index (χ0) is 17.2. The number of hydrogen-bond acceptors (Lipinski definition) is 4. The fourth-order valence-electron chi connectivity index (χ4n) is 2.68. The van der Waals surface area contributed by atoms with Gasteiger partial charge in [0.05, 0.1) is 11.8 Å². The maximum Gasteiger partial charge on any atom is 0.224 e. The number of anilines is 1. The molecule has 0 aliphatic carbocycles. The molecule has 0 spiro atoms. The summed E-state index contributed by atoms with van der Waals surface area (Å²) in [6, 6.07) is 5.27. The lowest BCUT2D eigenvalue weighted by Gasteiger charge is -2.15. The molecule has 1 unspecified atom stereocenters. The molecule has 0 aromatic heterocycles. The van der Waals surface area contributed by atoms with Crippen molar-refractivity contribution >= 4 is 23.2 Å². The minimum atomic E-state index is -0.0213. The number of ether oxygens (including phenoxy) is 2. The normalized spacial score (nSPS) is 17.0. The van der Waals surface area contributed by atoms with Gasteiger partial charge in [0.15, 0.2) is 0 Å². The number of carbonyl (C=O) groups is 1. The first kappa shape index (κ1) is 19.0. The fraction of sp³-hybridized carbons (Fsp3) is 0.611. The molecule has 0 saturated carbocycles. The topological polar surface area (TPSA) is 73.6 Å². The van der Waals surface area contributed by atoms with E-state index in [1.54, 1.807) is 18.2 Å². The van der Waals surface area contributed by atoms with Gasteiger partial charge in [-0.2, -0.15) is 0 Å². The third kappa shape index (κ3) is 6.67. The third-order valence-corrected chi connectivity index (χ3v) is 4.26. The summed E-state index contributed by atoms with van der Waals surface area (Å²) in [4.78, 5) is 12.1. The molecule has 134 valence electrons. The Bertz CT molecular complexity index is 519. The van der Waals surface area contributed by atoms with Crippen LogP contribution in [0.1, 0.15) is 44.9 Å². The lowest BCUT2D eigenvalue weighted by molar-refractivity contribution is -0.116. The Labute approximate surface area is 148 Å². The van der Waals surface area contributed by atoms with Crippen LogP contribution in [-0.4, -0.2) is 31.8 Å². The van der Waals surface area contributed by atoms with Gasteiger partial charge in [-0.15, -0.1) is 0 Å². The first-order chi connectivity index (χ1) is 11.7. The summed E-state index contributed by atoms with van der Waals surface area (Å²) in [7, 11) is 0. The monoisotopic (exact) mass is 354 g/mol. The maximum atomic E-state index is 12.1. The second kappa shape index (κ2) is 10.5. The van der Waals surface area contributed by atoms with E-state index in [4.69, 9.17) is 26.8 Å². The van der Waals surface area contributed by atoms with Gasteiger partial charge in [-0.25, -0.2) is 0 Å². The molecule has 0 radical (unpaired) electrons. The SMILES string of the molecule is NCCCCCCC(=O)Nc1cc(Cl)ccc1OCC1CCCO1. The van der Waals surface area contributed by atoms with Gasteiger partial charge in [0, 0.05) is 18.1 Å². The standard InChI is InChI=1S/C18H27ClN2O3/c19-14-8-9-17(24-13-15-6-5-11-23-15)16(12-14)21-18(22)7-3-1-2-4-10-20/h8-9,12,15H,1-7,10-11,13,20H2,(H,21,22). The number of benzene rings is 1. The lowest BCUT2D eigenvalue weighted by atomic mass is 10.1. The number of rotatable bonds is 10. The van der Waals surface area contributed by atoms with Crippen LogP contribution in [0.2, 0.25) is 5.02 Å². The van der Waals surface area contributed by atoms with Crippen LogP contribution >= 0.6 is 11.6 Å². The molecule has 1 heterocycles. The highest BCUT2D eigenvalue weighted by atomic mass is 35.5. The van der Waals surface area contributed by atoms with Gasteiger partial charge in [0.25, 0.3) is 0 Å². The molecule has 1 aliphatic heterocycles. The van der Waals surface area contributed by atoms with Crippen LogP contribution in [-0.2, 0) is 9.53 Å². The molecule has 5 nitrogen and oxygen atoms in total. The Kier molecular flexibility index (Phi) is 8.36. The minimum absolute atomic E-state index is 0.0213. The average Bonchev–Trinajstić information content (AvgIpc) is 3.07. The summed E-state index contributed by atoms with van der Waals surface area (Å²) >= 11 is 6.05. The van der Waals surface area contributed by atoms with Gasteiger partial charge in [0.2, 0.25) is 5.91 Å². The minimum Gasteiger partial charge on any atom is -0.489 e. The van der Waals surface area contributed by atoms with Gasteiger partial charge < -0.3 is 20.5 Å². The Balaban J connectivity index is 1.83. The first-order valence-electron chi connectivity index (χ1n) is 8.73. The summed E-state index contributed by atoms with van der Waals surface area (Å²) in [6.07, 6.45) is 6.66. The van der Waals surface area contributed by atoms with Crippen LogP contribution in [0.4, 0.5) is 5.69 Å². The van der Waals surface area contributed by atoms with Gasteiger partial charge in [-0.05, 0) is 50.4 Å². The van der Waals surface area contributed by atoms with E-state index in [0.717, 1.165) is 45.1 Å². The molecule has 6 heteroatoms. The van der Waals surface area contributed by atoms with Gasteiger partial charge >= 0.3 is 0 Å². The predicted molar refractivity (Wildman–Crippen MR) is 96.7 cm³/mol. The second-order valence-corrected chi connectivity index (χ2v) is 6.52. The molecule has 24 heavy (non-hydrogen) atoms. The van der Waals surface area contributed by atoms with Crippen molar-refractivity contribution in [3.63, 3.8) is 0 Å². The number of halogens is 1. The van der Waals surface area contributed by atoms with Crippen molar-refractivity contribution in [1.29, 1.82) is 0 Å². The largest absolute Gasteiger partial charge is 0.489 e. The van der Waals surface area contributed by atoms with E-state index in [0.29, 0.717) is 36.0 Å². The zero-order valence-corrected chi connectivity index (χ0v) is 14.8. The summed E-state index contributed by atoms with van der Waals surface area (Å²) in [5.74, 6) is 0.610. The van der Waals surface area contributed by atoms with Crippen molar-refractivity contribution in [1.82, 2.24) is 0 Å². The smallest absolute Gasteiger partial charge is 0.224 e. The maximum absolute atomic E-state index is 12.1. The number of amides is 1. The molecule has 1 aromatic rings. The Hall–Kier alpha value is -1.30. The molecule has 1 amide bonds. The number of hydrogen-bond donors (Lipinski definition) is 2. The molecule has 1 fully saturated rings. The van der Waals surface area contributed by atoms with Crippen LogP contribution in [0.3, 0.4) is 0 Å². The van der Waals surface area contributed by atoms with E-state index < -0.39 is 0 Å². The average molecular weight is 355 g/mol. The molecule has 1 atom stereocenters. The molecule has 1 aromatic carbocycles. The lowest BCUT2D eigenvalue weighted by Crippen LogP contribution is -2.18. The zero-order valence-electron chi connectivity index (χ0n) is 14.1. The van der Waals surface area contributed by atoms with Crippen LogP contribution in [0.5, 0.6) is 5.75 Å². The van der Waals surface area contributed by atoms with Gasteiger partial charge in [-0.3, -0.25) is 4.79 Å². The summed E-state index contributed by atoms with van der Waals surface area (Å²) in [6.45, 7) is 1.99. The summed E-state index contributed by atoms with van der Waals surface area (Å²) in [5.41, 5.74) is 6.08. The molecular weight excluding hydrogens is 328 g/mol. The first-order valence-corrected chi connectivity index (χ1v) is 9.10. The van der Waals surface area contributed by atoms with Crippen molar-refractivity contribution in [2.45, 2.75) is 51.0 Å². The van der Waals surface area contributed by atoms with Crippen LogP contribution in [0.25, 0.3) is 0 Å². The van der Waals surface area contributed by atoms with Crippen molar-refractivity contribution < 1.29 is 14.3 Å². The highest BCUT2D eigenvalue weighted by Gasteiger charge is 2.17. The quantitative estimate of drug-likeness (QED) is 0.627. The van der Waals surface area contributed by atoms with Crippen LogP contribution in [0, 0.1) is 0 Å². The predicted octanol–water partition coefficient (Wildman–Crippen LogP) is 3.75. The number of nitrogens with one attached hydrogen (secondary N) is 1. The van der Waals surface area contributed by atoms with E-state index in [-0.39, 0.29) is 12.0 Å². The van der Waals surface area contributed by atoms with Crippen molar-refractivity contribution in [3.05, 3.63) is 23.2 Å². The molecule has 3 N–H and O–H groups in total. The fourth-order valence-corrected chi connectivity index (χ4v) is 2.85. The number of unbranched alkanes of at least 4 members (excludes halogenated alkanes) is 3. The molecule has 0 bridgehead atoms.